The lowest BCUT2D eigenvalue weighted by molar-refractivity contribution is 0.610. The van der Waals surface area contributed by atoms with Gasteiger partial charge in [0.25, 0.3) is 5.56 Å². The molecule has 2 saturated carbocycles. The molecule has 0 unspecified atom stereocenters. The van der Waals surface area contributed by atoms with E-state index in [0.717, 1.165) is 31.4 Å². The van der Waals surface area contributed by atoms with E-state index >= 15 is 0 Å². The average Bonchev–Trinajstić information content (AvgIpc) is 3.45. The Labute approximate surface area is 125 Å². The number of fused-ring (bicyclic) bond motifs is 1. The smallest absolute Gasteiger partial charge is 0.264 e. The maximum atomic E-state index is 12.6. The summed E-state index contributed by atoms with van der Waals surface area (Å²) in [6.45, 7) is 0.392. The van der Waals surface area contributed by atoms with Gasteiger partial charge in [0.05, 0.1) is 31.0 Å². The predicted molar refractivity (Wildman–Crippen MR) is 77.5 cm³/mol. The van der Waals surface area contributed by atoms with Crippen LogP contribution in [0.25, 0.3) is 11.0 Å². The van der Waals surface area contributed by atoms with Crippen molar-refractivity contribution in [3.05, 3.63) is 34.8 Å². The molecule has 8 nitrogen and oxygen atoms in total. The van der Waals surface area contributed by atoms with E-state index in [1.54, 1.807) is 17.1 Å². The van der Waals surface area contributed by atoms with Crippen LogP contribution in [-0.4, -0.2) is 34.3 Å². The van der Waals surface area contributed by atoms with Crippen LogP contribution in [-0.2, 0) is 6.54 Å². The van der Waals surface area contributed by atoms with Gasteiger partial charge in [0, 0.05) is 0 Å². The molecule has 0 amide bonds. The summed E-state index contributed by atoms with van der Waals surface area (Å²) in [4.78, 5) is 17.0. The Morgan fingerprint density at radius 2 is 2.00 bits per heavy atom. The van der Waals surface area contributed by atoms with Crippen LogP contribution < -0.4 is 5.56 Å². The standard InChI is InChI=1S/C14H15N7O/c22-14-12-5-16-21(11-3-4-11)13(12)15-8-19(14)6-9-7-20(18-17-9)10-1-2-10/h5,7-8,10-11H,1-4,6H2. The number of aromatic nitrogens is 7. The molecule has 0 bridgehead atoms. The van der Waals surface area contributed by atoms with Crippen LogP contribution in [0.15, 0.2) is 23.5 Å². The highest BCUT2D eigenvalue weighted by molar-refractivity contribution is 5.73. The van der Waals surface area contributed by atoms with Crippen LogP contribution >= 0.6 is 0 Å². The Morgan fingerprint density at radius 1 is 1.18 bits per heavy atom. The normalized spacial score (nSPS) is 18.2. The largest absolute Gasteiger partial charge is 0.292 e. The Morgan fingerprint density at radius 3 is 2.77 bits per heavy atom. The van der Waals surface area contributed by atoms with E-state index in [4.69, 9.17) is 0 Å². The van der Waals surface area contributed by atoms with Crippen LogP contribution in [0.1, 0.15) is 43.5 Å². The van der Waals surface area contributed by atoms with Gasteiger partial charge in [-0.15, -0.1) is 5.10 Å². The summed E-state index contributed by atoms with van der Waals surface area (Å²) in [5, 5.41) is 13.1. The van der Waals surface area contributed by atoms with Gasteiger partial charge in [-0.2, -0.15) is 5.10 Å². The summed E-state index contributed by atoms with van der Waals surface area (Å²) < 4.78 is 5.32. The van der Waals surface area contributed by atoms with E-state index in [-0.39, 0.29) is 5.56 Å². The van der Waals surface area contributed by atoms with Gasteiger partial charge in [0.2, 0.25) is 0 Å². The van der Waals surface area contributed by atoms with E-state index in [0.29, 0.717) is 29.7 Å². The number of hydrogen-bond donors (Lipinski definition) is 0. The highest BCUT2D eigenvalue weighted by Crippen LogP contribution is 2.35. The van der Waals surface area contributed by atoms with E-state index < -0.39 is 0 Å². The topological polar surface area (TPSA) is 83.4 Å². The fraction of sp³-hybridized carbons (Fsp3) is 0.500. The first-order valence-electron chi connectivity index (χ1n) is 7.63. The first-order valence-corrected chi connectivity index (χ1v) is 7.63. The number of nitrogens with zero attached hydrogens (tertiary/aromatic N) is 7. The number of hydrogen-bond acceptors (Lipinski definition) is 5. The Kier molecular flexibility index (Phi) is 2.33. The van der Waals surface area contributed by atoms with Crippen molar-refractivity contribution in [3.8, 4) is 0 Å². The molecule has 0 aromatic carbocycles. The second-order valence-corrected chi connectivity index (χ2v) is 6.16. The quantitative estimate of drug-likeness (QED) is 0.714. The van der Waals surface area contributed by atoms with Crippen molar-refractivity contribution in [1.29, 1.82) is 0 Å². The maximum absolute atomic E-state index is 12.6. The molecule has 0 N–H and O–H groups in total. The van der Waals surface area contributed by atoms with Crippen LogP contribution in [0, 0.1) is 0 Å². The molecule has 0 saturated heterocycles. The third-order valence-corrected chi connectivity index (χ3v) is 4.28. The number of rotatable bonds is 4. The van der Waals surface area contributed by atoms with Crippen molar-refractivity contribution in [1.82, 2.24) is 34.3 Å². The molecule has 22 heavy (non-hydrogen) atoms. The molecule has 2 aliphatic carbocycles. The van der Waals surface area contributed by atoms with Crippen molar-refractivity contribution in [2.24, 2.45) is 0 Å². The minimum Gasteiger partial charge on any atom is -0.292 e. The van der Waals surface area contributed by atoms with Crippen molar-refractivity contribution >= 4 is 11.0 Å². The third kappa shape index (κ3) is 1.87. The van der Waals surface area contributed by atoms with Gasteiger partial charge in [-0.05, 0) is 25.7 Å². The Balaban J connectivity index is 1.50. The summed E-state index contributed by atoms with van der Waals surface area (Å²) in [7, 11) is 0. The fourth-order valence-electron chi connectivity index (χ4n) is 2.74. The molecular weight excluding hydrogens is 282 g/mol. The van der Waals surface area contributed by atoms with Gasteiger partial charge < -0.3 is 0 Å². The molecule has 0 spiro atoms. The fourth-order valence-corrected chi connectivity index (χ4v) is 2.74. The van der Waals surface area contributed by atoms with Gasteiger partial charge in [-0.1, -0.05) is 5.21 Å². The van der Waals surface area contributed by atoms with Crippen LogP contribution in [0.5, 0.6) is 0 Å². The van der Waals surface area contributed by atoms with Crippen LogP contribution in [0.2, 0.25) is 0 Å². The van der Waals surface area contributed by atoms with Gasteiger partial charge in [0.1, 0.15) is 17.4 Å². The zero-order valence-electron chi connectivity index (χ0n) is 12.0. The monoisotopic (exact) mass is 297 g/mol. The molecular formula is C14H15N7O. The lowest BCUT2D eigenvalue weighted by Crippen LogP contribution is -2.21. The van der Waals surface area contributed by atoms with Crippen LogP contribution in [0.3, 0.4) is 0 Å². The summed E-state index contributed by atoms with van der Waals surface area (Å²) in [5.74, 6) is 0. The van der Waals surface area contributed by atoms with Crippen molar-refractivity contribution in [2.75, 3.05) is 0 Å². The highest BCUT2D eigenvalue weighted by atomic mass is 16.1. The van der Waals surface area contributed by atoms with Crippen molar-refractivity contribution in [2.45, 2.75) is 44.3 Å². The van der Waals surface area contributed by atoms with Crippen molar-refractivity contribution in [3.63, 3.8) is 0 Å². The lowest BCUT2D eigenvalue weighted by atomic mass is 10.4. The minimum atomic E-state index is -0.0714. The van der Waals surface area contributed by atoms with E-state index in [9.17, 15) is 4.79 Å². The molecule has 0 atom stereocenters. The van der Waals surface area contributed by atoms with E-state index in [1.807, 2.05) is 15.6 Å². The first kappa shape index (κ1) is 12.1. The van der Waals surface area contributed by atoms with E-state index in [1.165, 1.54) is 0 Å². The van der Waals surface area contributed by atoms with Crippen molar-refractivity contribution < 1.29 is 0 Å². The molecule has 2 fully saturated rings. The molecule has 3 aromatic rings. The molecule has 2 aliphatic rings. The summed E-state index contributed by atoms with van der Waals surface area (Å²) in [5.41, 5.74) is 1.40. The first-order chi connectivity index (χ1) is 10.8. The second kappa shape index (κ2) is 4.25. The molecule has 8 heteroatoms. The van der Waals surface area contributed by atoms with Gasteiger partial charge in [0.15, 0.2) is 5.65 Å². The van der Waals surface area contributed by atoms with Gasteiger partial charge in [-0.25, -0.2) is 14.3 Å². The maximum Gasteiger partial charge on any atom is 0.264 e. The highest BCUT2D eigenvalue weighted by Gasteiger charge is 2.27. The Bertz CT molecular complexity index is 913. The summed E-state index contributed by atoms with van der Waals surface area (Å²) in [6, 6.07) is 0.911. The molecule has 0 aliphatic heterocycles. The molecule has 0 radical (unpaired) electrons. The zero-order chi connectivity index (χ0) is 14.7. The average molecular weight is 297 g/mol. The summed E-state index contributed by atoms with van der Waals surface area (Å²) >= 11 is 0. The second-order valence-electron chi connectivity index (χ2n) is 6.16. The predicted octanol–water partition coefficient (Wildman–Crippen LogP) is 0.903. The minimum absolute atomic E-state index is 0.0714. The lowest BCUT2D eigenvalue weighted by Gasteiger charge is -2.03. The molecule has 112 valence electrons. The SMILES string of the molecule is O=c1c2cnn(C3CC3)c2ncn1Cc1cn(C2CC2)nn1. The Hall–Kier alpha value is -2.51. The van der Waals surface area contributed by atoms with Gasteiger partial charge >= 0.3 is 0 Å². The van der Waals surface area contributed by atoms with Gasteiger partial charge in [-0.3, -0.25) is 9.36 Å². The molecule has 3 aromatic heterocycles. The van der Waals surface area contributed by atoms with E-state index in [2.05, 4.69) is 20.4 Å². The summed E-state index contributed by atoms with van der Waals surface area (Å²) in [6.07, 6.45) is 9.69. The third-order valence-electron chi connectivity index (χ3n) is 4.28. The zero-order valence-corrected chi connectivity index (χ0v) is 12.0. The molecule has 3 heterocycles. The molecule has 5 rings (SSSR count). The van der Waals surface area contributed by atoms with Crippen LogP contribution in [0.4, 0.5) is 0 Å².